The normalized spacial score (nSPS) is 40.8. The van der Waals surface area contributed by atoms with Crippen LogP contribution >= 0.6 is 8.60 Å². The third kappa shape index (κ3) is 1.39. The summed E-state index contributed by atoms with van der Waals surface area (Å²) in [6, 6.07) is 0. The van der Waals surface area contributed by atoms with Crippen molar-refractivity contribution in [1.82, 2.24) is 0 Å². The van der Waals surface area contributed by atoms with E-state index in [1.54, 1.807) is 0 Å². The minimum Gasteiger partial charge on any atom is -0.328 e. The fourth-order valence-corrected chi connectivity index (χ4v) is 3.21. The van der Waals surface area contributed by atoms with Gasteiger partial charge in [-0.2, -0.15) is 0 Å². The van der Waals surface area contributed by atoms with Crippen LogP contribution in [0.2, 0.25) is 0 Å². The summed E-state index contributed by atoms with van der Waals surface area (Å²) in [7, 11) is -2.15. The number of hydrogen-bond acceptors (Lipinski definition) is 3. The van der Waals surface area contributed by atoms with E-state index in [-0.39, 0.29) is 5.60 Å². The van der Waals surface area contributed by atoms with E-state index in [2.05, 4.69) is 0 Å². The predicted molar refractivity (Wildman–Crippen MR) is 46.4 cm³/mol. The van der Waals surface area contributed by atoms with Crippen molar-refractivity contribution in [3.63, 3.8) is 0 Å². The van der Waals surface area contributed by atoms with Gasteiger partial charge in [0.2, 0.25) is 0 Å². The Morgan fingerprint density at radius 1 is 1.17 bits per heavy atom. The Balaban J connectivity index is 1.98. The molecular weight excluding hydrogens is 175 g/mol. The molecule has 0 heterocycles. The summed E-state index contributed by atoms with van der Waals surface area (Å²) in [4.78, 5) is 17.6. The van der Waals surface area contributed by atoms with Crippen molar-refractivity contribution >= 4 is 8.60 Å². The Labute approximate surface area is 73.7 Å². The van der Waals surface area contributed by atoms with Crippen molar-refractivity contribution in [2.45, 2.75) is 44.1 Å². The fourth-order valence-electron chi connectivity index (χ4n) is 2.55. The Hall–Kier alpha value is 0.310. The lowest BCUT2D eigenvalue weighted by Gasteiger charge is -2.51. The molecule has 3 nitrogen and oxygen atoms in total. The largest absolute Gasteiger partial charge is 0.328 e. The van der Waals surface area contributed by atoms with Crippen molar-refractivity contribution in [3.05, 3.63) is 0 Å². The van der Waals surface area contributed by atoms with Crippen LogP contribution in [0, 0.1) is 5.92 Å². The van der Waals surface area contributed by atoms with Gasteiger partial charge in [-0.3, -0.25) is 0 Å². The minimum absolute atomic E-state index is 0.131. The molecule has 0 radical (unpaired) electrons. The second-order valence-electron chi connectivity index (χ2n) is 3.89. The highest BCUT2D eigenvalue weighted by molar-refractivity contribution is 7.39. The molecular formula is C8H15O3P. The summed E-state index contributed by atoms with van der Waals surface area (Å²) in [5.74, 6) is 0.607. The maximum atomic E-state index is 8.82. The molecule has 2 aliphatic carbocycles. The minimum atomic E-state index is -2.15. The van der Waals surface area contributed by atoms with E-state index in [0.29, 0.717) is 5.92 Å². The first kappa shape index (κ1) is 8.89. The van der Waals surface area contributed by atoms with Gasteiger partial charge < -0.3 is 14.3 Å². The van der Waals surface area contributed by atoms with Gasteiger partial charge >= 0.3 is 8.60 Å². The molecule has 0 aliphatic heterocycles. The Bertz CT molecular complexity index is 174. The van der Waals surface area contributed by atoms with Crippen molar-refractivity contribution in [2.24, 2.45) is 5.92 Å². The molecule has 0 aromatic rings. The topological polar surface area (TPSA) is 49.7 Å². The van der Waals surface area contributed by atoms with E-state index < -0.39 is 8.60 Å². The summed E-state index contributed by atoms with van der Waals surface area (Å²) >= 11 is 0. The summed E-state index contributed by atoms with van der Waals surface area (Å²) in [5, 5.41) is 0. The van der Waals surface area contributed by atoms with Gasteiger partial charge in [-0.05, 0) is 31.6 Å². The lowest BCUT2D eigenvalue weighted by Crippen LogP contribution is -2.50. The standard InChI is InChI=1S/C8H15O3P/c9-12(10)11-8-5-2-1-3-7(8)4-6-8/h7,9-10H,1-6H2. The Kier molecular flexibility index (Phi) is 2.39. The molecule has 2 N–H and O–H groups in total. The molecule has 70 valence electrons. The maximum Gasteiger partial charge on any atom is 0.327 e. The average molecular weight is 190 g/mol. The van der Waals surface area contributed by atoms with Crippen molar-refractivity contribution in [1.29, 1.82) is 0 Å². The number of hydrogen-bond donors (Lipinski definition) is 2. The molecule has 0 aromatic carbocycles. The summed E-state index contributed by atoms with van der Waals surface area (Å²) < 4.78 is 5.25. The Morgan fingerprint density at radius 3 is 2.50 bits per heavy atom. The molecule has 2 atom stereocenters. The van der Waals surface area contributed by atoms with Crippen molar-refractivity contribution in [3.8, 4) is 0 Å². The van der Waals surface area contributed by atoms with Crippen molar-refractivity contribution < 1.29 is 14.3 Å². The highest BCUT2D eigenvalue weighted by atomic mass is 31.2. The van der Waals surface area contributed by atoms with Crippen LogP contribution in [0.25, 0.3) is 0 Å². The van der Waals surface area contributed by atoms with E-state index in [1.165, 1.54) is 25.7 Å². The zero-order chi connectivity index (χ0) is 8.60. The Morgan fingerprint density at radius 2 is 2.00 bits per heavy atom. The van der Waals surface area contributed by atoms with Crippen LogP contribution in [0.15, 0.2) is 0 Å². The van der Waals surface area contributed by atoms with Gasteiger partial charge in [-0.15, -0.1) is 0 Å². The average Bonchev–Trinajstić information content (AvgIpc) is 1.97. The number of fused-ring (bicyclic) bond motifs is 1. The van der Waals surface area contributed by atoms with Crippen LogP contribution < -0.4 is 0 Å². The molecule has 2 unspecified atom stereocenters. The maximum absolute atomic E-state index is 8.82. The SMILES string of the molecule is OP(O)OC12CCCCC1CC2. The summed E-state index contributed by atoms with van der Waals surface area (Å²) in [6.07, 6.45) is 6.94. The van der Waals surface area contributed by atoms with Gasteiger partial charge in [0.25, 0.3) is 0 Å². The molecule has 12 heavy (non-hydrogen) atoms. The van der Waals surface area contributed by atoms with E-state index >= 15 is 0 Å². The molecule has 2 saturated carbocycles. The summed E-state index contributed by atoms with van der Waals surface area (Å²) in [6.45, 7) is 0. The van der Waals surface area contributed by atoms with Gasteiger partial charge in [0, 0.05) is 0 Å². The van der Waals surface area contributed by atoms with E-state index in [9.17, 15) is 0 Å². The van der Waals surface area contributed by atoms with Crippen molar-refractivity contribution in [2.75, 3.05) is 0 Å². The van der Waals surface area contributed by atoms with E-state index in [4.69, 9.17) is 14.3 Å². The molecule has 0 saturated heterocycles. The van der Waals surface area contributed by atoms with Crippen LogP contribution in [-0.2, 0) is 4.52 Å². The van der Waals surface area contributed by atoms with Crippen LogP contribution in [0.5, 0.6) is 0 Å². The summed E-state index contributed by atoms with van der Waals surface area (Å²) in [5.41, 5.74) is -0.131. The fraction of sp³-hybridized carbons (Fsp3) is 1.00. The molecule has 2 aliphatic rings. The van der Waals surface area contributed by atoms with Gasteiger partial charge in [0.05, 0.1) is 5.60 Å². The zero-order valence-electron chi connectivity index (χ0n) is 7.07. The third-order valence-corrected chi connectivity index (χ3v) is 3.85. The molecule has 2 rings (SSSR count). The second kappa shape index (κ2) is 3.22. The molecule has 0 bridgehead atoms. The molecule has 0 amide bonds. The first-order valence-electron chi connectivity index (χ1n) is 4.60. The lowest BCUT2D eigenvalue weighted by atomic mass is 9.62. The van der Waals surface area contributed by atoms with Gasteiger partial charge in [-0.25, -0.2) is 0 Å². The van der Waals surface area contributed by atoms with Gasteiger partial charge in [-0.1, -0.05) is 12.8 Å². The highest BCUT2D eigenvalue weighted by Gasteiger charge is 2.50. The molecule has 0 aromatic heterocycles. The van der Waals surface area contributed by atoms with Crippen LogP contribution in [0.3, 0.4) is 0 Å². The first-order chi connectivity index (χ1) is 5.73. The monoisotopic (exact) mass is 190 g/mol. The third-order valence-electron chi connectivity index (χ3n) is 3.33. The molecule has 2 fully saturated rings. The molecule has 0 spiro atoms. The predicted octanol–water partition coefficient (Wildman–Crippen LogP) is 1.94. The quantitative estimate of drug-likeness (QED) is 0.654. The second-order valence-corrected chi connectivity index (χ2v) is 4.58. The number of rotatable bonds is 2. The van der Waals surface area contributed by atoms with Gasteiger partial charge in [0.15, 0.2) is 0 Å². The zero-order valence-corrected chi connectivity index (χ0v) is 7.96. The first-order valence-corrected chi connectivity index (χ1v) is 5.76. The van der Waals surface area contributed by atoms with Crippen LogP contribution in [0.4, 0.5) is 0 Å². The van der Waals surface area contributed by atoms with Crippen LogP contribution in [-0.4, -0.2) is 15.4 Å². The molecule has 4 heteroatoms. The van der Waals surface area contributed by atoms with Gasteiger partial charge in [0.1, 0.15) is 0 Å². The van der Waals surface area contributed by atoms with Crippen LogP contribution in [0.1, 0.15) is 38.5 Å². The van der Waals surface area contributed by atoms with E-state index in [1.807, 2.05) is 0 Å². The highest BCUT2D eigenvalue weighted by Crippen LogP contribution is 2.55. The van der Waals surface area contributed by atoms with E-state index in [0.717, 1.165) is 12.8 Å². The smallest absolute Gasteiger partial charge is 0.327 e. The lowest BCUT2D eigenvalue weighted by molar-refractivity contribution is -0.103.